The van der Waals surface area contributed by atoms with Crippen LogP contribution in [-0.2, 0) is 9.53 Å². The van der Waals surface area contributed by atoms with E-state index in [-0.39, 0.29) is 24.5 Å². The Morgan fingerprint density at radius 2 is 2.06 bits per heavy atom. The van der Waals surface area contributed by atoms with Gasteiger partial charge in [0.05, 0.1) is 6.10 Å². The first-order chi connectivity index (χ1) is 8.40. The number of ether oxygens (including phenoxy) is 2. The molecule has 0 aliphatic carbocycles. The number of rotatable bonds is 5. The molecule has 0 fully saturated rings. The van der Waals surface area contributed by atoms with Gasteiger partial charge in [-0.1, -0.05) is 6.07 Å². The predicted octanol–water partition coefficient (Wildman–Crippen LogP) is 2.18. The SMILES string of the molecule is CC(C)OC(=O)COc1ccc([C@H](C)N)c(F)c1. The minimum atomic E-state index is -0.485. The highest BCUT2D eigenvalue weighted by Gasteiger charge is 2.10. The summed E-state index contributed by atoms with van der Waals surface area (Å²) in [6.45, 7) is 4.94. The van der Waals surface area contributed by atoms with Crippen LogP contribution in [0, 0.1) is 5.82 Å². The van der Waals surface area contributed by atoms with Crippen LogP contribution in [0.25, 0.3) is 0 Å². The molecule has 4 nitrogen and oxygen atoms in total. The summed E-state index contributed by atoms with van der Waals surface area (Å²) in [5, 5.41) is 0. The van der Waals surface area contributed by atoms with Crippen LogP contribution in [0.4, 0.5) is 4.39 Å². The van der Waals surface area contributed by atoms with Gasteiger partial charge in [0.15, 0.2) is 6.61 Å². The van der Waals surface area contributed by atoms with Crippen LogP contribution in [0.5, 0.6) is 5.75 Å². The fourth-order valence-electron chi connectivity index (χ4n) is 1.41. The van der Waals surface area contributed by atoms with Crippen molar-refractivity contribution in [1.29, 1.82) is 0 Å². The summed E-state index contributed by atoms with van der Waals surface area (Å²) in [6, 6.07) is 3.94. The Kier molecular flexibility index (Phi) is 5.09. The van der Waals surface area contributed by atoms with E-state index >= 15 is 0 Å². The van der Waals surface area contributed by atoms with Crippen LogP contribution in [0.1, 0.15) is 32.4 Å². The highest BCUT2D eigenvalue weighted by Crippen LogP contribution is 2.20. The van der Waals surface area contributed by atoms with Gasteiger partial charge in [-0.25, -0.2) is 9.18 Å². The van der Waals surface area contributed by atoms with Gasteiger partial charge in [-0.05, 0) is 26.8 Å². The third-order valence-corrected chi connectivity index (χ3v) is 2.19. The van der Waals surface area contributed by atoms with Crippen LogP contribution < -0.4 is 10.5 Å². The molecule has 18 heavy (non-hydrogen) atoms. The normalized spacial score (nSPS) is 12.3. The number of hydrogen-bond acceptors (Lipinski definition) is 4. The van der Waals surface area contributed by atoms with E-state index < -0.39 is 11.8 Å². The molecule has 2 N–H and O–H groups in total. The van der Waals surface area contributed by atoms with E-state index in [9.17, 15) is 9.18 Å². The molecule has 0 saturated heterocycles. The summed E-state index contributed by atoms with van der Waals surface area (Å²) in [5.41, 5.74) is 6.00. The molecule has 5 heteroatoms. The zero-order valence-electron chi connectivity index (χ0n) is 10.8. The van der Waals surface area contributed by atoms with E-state index in [0.717, 1.165) is 0 Å². The minimum absolute atomic E-state index is 0.196. The Balaban J connectivity index is 2.59. The topological polar surface area (TPSA) is 61.5 Å². The molecule has 0 bridgehead atoms. The number of benzene rings is 1. The molecule has 0 aliphatic rings. The molecular weight excluding hydrogens is 237 g/mol. The average molecular weight is 255 g/mol. The van der Waals surface area contributed by atoms with Crippen LogP contribution in [0.3, 0.4) is 0 Å². The maximum Gasteiger partial charge on any atom is 0.344 e. The molecule has 100 valence electrons. The number of carbonyl (C=O) groups excluding carboxylic acids is 1. The Morgan fingerprint density at radius 3 is 2.56 bits per heavy atom. The summed E-state index contributed by atoms with van der Waals surface area (Å²) in [5.74, 6) is -0.654. The third-order valence-electron chi connectivity index (χ3n) is 2.19. The van der Waals surface area contributed by atoms with Gasteiger partial charge in [-0.3, -0.25) is 0 Å². The van der Waals surface area contributed by atoms with Gasteiger partial charge in [0.2, 0.25) is 0 Å². The van der Waals surface area contributed by atoms with E-state index in [1.807, 2.05) is 0 Å². The number of carbonyl (C=O) groups is 1. The number of hydrogen-bond donors (Lipinski definition) is 1. The van der Waals surface area contributed by atoms with E-state index in [1.165, 1.54) is 6.07 Å². The molecule has 0 unspecified atom stereocenters. The van der Waals surface area contributed by atoms with Gasteiger partial charge in [-0.15, -0.1) is 0 Å². The fourth-order valence-corrected chi connectivity index (χ4v) is 1.41. The molecule has 0 radical (unpaired) electrons. The lowest BCUT2D eigenvalue weighted by atomic mass is 10.1. The summed E-state index contributed by atoms with van der Waals surface area (Å²) >= 11 is 0. The number of halogens is 1. The second kappa shape index (κ2) is 6.35. The summed E-state index contributed by atoms with van der Waals surface area (Å²) in [6.07, 6.45) is -0.196. The Bertz CT molecular complexity index is 419. The standard InChI is InChI=1S/C13H18FNO3/c1-8(2)18-13(16)7-17-10-4-5-11(9(3)15)12(14)6-10/h4-6,8-9H,7,15H2,1-3H3/t9-/m0/s1. The number of esters is 1. The molecule has 0 saturated carbocycles. The predicted molar refractivity (Wildman–Crippen MR) is 65.7 cm³/mol. The maximum absolute atomic E-state index is 13.6. The van der Waals surface area contributed by atoms with E-state index in [2.05, 4.69) is 0 Å². The van der Waals surface area contributed by atoms with Gasteiger partial charge in [0, 0.05) is 17.7 Å². The maximum atomic E-state index is 13.6. The first-order valence-electron chi connectivity index (χ1n) is 5.77. The van der Waals surface area contributed by atoms with Gasteiger partial charge in [0.25, 0.3) is 0 Å². The molecule has 0 heterocycles. The van der Waals surface area contributed by atoms with Crippen molar-refractivity contribution in [2.75, 3.05) is 6.61 Å². The van der Waals surface area contributed by atoms with Gasteiger partial charge < -0.3 is 15.2 Å². The highest BCUT2D eigenvalue weighted by molar-refractivity contribution is 5.71. The van der Waals surface area contributed by atoms with Crippen molar-refractivity contribution in [1.82, 2.24) is 0 Å². The first-order valence-corrected chi connectivity index (χ1v) is 5.77. The molecule has 1 aromatic carbocycles. The summed E-state index contributed by atoms with van der Waals surface area (Å²) in [7, 11) is 0. The molecule has 0 aliphatic heterocycles. The molecule has 0 amide bonds. The van der Waals surface area contributed by atoms with Crippen molar-refractivity contribution in [2.24, 2.45) is 5.73 Å². The number of nitrogens with two attached hydrogens (primary N) is 1. The summed E-state index contributed by atoms with van der Waals surface area (Å²) < 4.78 is 23.6. The fraction of sp³-hybridized carbons (Fsp3) is 0.462. The molecule has 1 atom stereocenters. The molecular formula is C13H18FNO3. The quantitative estimate of drug-likeness (QED) is 0.819. The van der Waals surface area contributed by atoms with Gasteiger partial charge in [-0.2, -0.15) is 0 Å². The van der Waals surface area contributed by atoms with E-state index in [4.69, 9.17) is 15.2 Å². The first kappa shape index (κ1) is 14.4. The lowest BCUT2D eigenvalue weighted by molar-refractivity contribution is -0.149. The molecule has 1 aromatic rings. The molecule has 0 spiro atoms. The van der Waals surface area contributed by atoms with Crippen LogP contribution in [0.15, 0.2) is 18.2 Å². The van der Waals surface area contributed by atoms with Crippen molar-refractivity contribution in [3.05, 3.63) is 29.6 Å². The van der Waals surface area contributed by atoms with Crippen molar-refractivity contribution in [3.63, 3.8) is 0 Å². The second-order valence-corrected chi connectivity index (χ2v) is 4.30. The zero-order chi connectivity index (χ0) is 13.7. The minimum Gasteiger partial charge on any atom is -0.482 e. The highest BCUT2D eigenvalue weighted by atomic mass is 19.1. The van der Waals surface area contributed by atoms with Crippen LogP contribution >= 0.6 is 0 Å². The van der Waals surface area contributed by atoms with E-state index in [0.29, 0.717) is 5.56 Å². The van der Waals surface area contributed by atoms with Crippen molar-refractivity contribution in [2.45, 2.75) is 32.9 Å². The third kappa shape index (κ3) is 4.33. The average Bonchev–Trinajstić information content (AvgIpc) is 2.25. The Labute approximate surface area is 106 Å². The van der Waals surface area contributed by atoms with Gasteiger partial charge >= 0.3 is 5.97 Å². The van der Waals surface area contributed by atoms with Crippen LogP contribution in [-0.4, -0.2) is 18.7 Å². The zero-order valence-corrected chi connectivity index (χ0v) is 10.8. The molecule has 0 aromatic heterocycles. The van der Waals surface area contributed by atoms with E-state index in [1.54, 1.807) is 32.9 Å². The molecule has 1 rings (SSSR count). The largest absolute Gasteiger partial charge is 0.482 e. The van der Waals surface area contributed by atoms with Gasteiger partial charge in [0.1, 0.15) is 11.6 Å². The Morgan fingerprint density at radius 1 is 1.39 bits per heavy atom. The lowest BCUT2D eigenvalue weighted by Crippen LogP contribution is -2.18. The van der Waals surface area contributed by atoms with Crippen molar-refractivity contribution in [3.8, 4) is 5.75 Å². The lowest BCUT2D eigenvalue weighted by Gasteiger charge is -2.11. The van der Waals surface area contributed by atoms with Crippen molar-refractivity contribution < 1.29 is 18.7 Å². The smallest absolute Gasteiger partial charge is 0.344 e. The van der Waals surface area contributed by atoms with Crippen LogP contribution in [0.2, 0.25) is 0 Å². The monoisotopic (exact) mass is 255 g/mol. The Hall–Kier alpha value is -1.62. The second-order valence-electron chi connectivity index (χ2n) is 4.30. The summed E-state index contributed by atoms with van der Waals surface area (Å²) in [4.78, 5) is 11.2. The van der Waals surface area contributed by atoms with Crippen molar-refractivity contribution >= 4 is 5.97 Å².